The highest BCUT2D eigenvalue weighted by Crippen LogP contribution is 2.40. The minimum atomic E-state index is 0.205. The van der Waals surface area contributed by atoms with Crippen molar-refractivity contribution in [3.8, 4) is 17.2 Å². The fraction of sp³-hybridized carbons (Fsp3) is 0.231. The third-order valence-electron chi connectivity index (χ3n) is 2.71. The molecule has 0 aromatic heterocycles. The molecule has 84 valence electrons. The molecule has 0 saturated carbocycles. The van der Waals surface area contributed by atoms with Crippen LogP contribution in [0.1, 0.15) is 5.56 Å². The summed E-state index contributed by atoms with van der Waals surface area (Å²) in [6.07, 6.45) is 0. The summed E-state index contributed by atoms with van der Waals surface area (Å²) in [5, 5.41) is 11.5. The molecule has 0 saturated heterocycles. The van der Waals surface area contributed by atoms with Gasteiger partial charge in [-0.1, -0.05) is 6.07 Å². The van der Waals surface area contributed by atoms with Crippen molar-refractivity contribution in [3.05, 3.63) is 29.8 Å². The molecule has 0 amide bonds. The molecule has 0 aliphatic carbocycles. The summed E-state index contributed by atoms with van der Waals surface area (Å²) in [6.45, 7) is 1.98. The first-order valence-corrected chi connectivity index (χ1v) is 5.02. The molecule has 0 bridgehead atoms. The Morgan fingerprint density at radius 1 is 0.875 bits per heavy atom. The average molecular weight is 218 g/mol. The van der Waals surface area contributed by atoms with Gasteiger partial charge in [-0.25, -0.2) is 0 Å². The zero-order valence-electron chi connectivity index (χ0n) is 9.57. The highest BCUT2D eigenvalue weighted by atomic mass is 16.5. The predicted molar refractivity (Wildman–Crippen MR) is 63.5 cm³/mol. The SMILES string of the molecule is COc1ccc(OC)c2c(O)ccc(C)c12. The molecular formula is C13H14O3. The number of phenols is 1. The average Bonchev–Trinajstić information content (AvgIpc) is 2.32. The van der Waals surface area contributed by atoms with E-state index in [-0.39, 0.29) is 5.75 Å². The number of methoxy groups -OCH3 is 2. The number of phenolic OH excluding ortho intramolecular Hbond substituents is 1. The molecule has 0 aliphatic rings. The number of ether oxygens (including phenoxy) is 2. The fourth-order valence-corrected chi connectivity index (χ4v) is 1.92. The van der Waals surface area contributed by atoms with Gasteiger partial charge in [-0.15, -0.1) is 0 Å². The molecule has 0 aliphatic heterocycles. The van der Waals surface area contributed by atoms with E-state index in [1.165, 1.54) is 0 Å². The molecule has 0 radical (unpaired) electrons. The Kier molecular flexibility index (Phi) is 2.60. The van der Waals surface area contributed by atoms with Crippen molar-refractivity contribution in [1.82, 2.24) is 0 Å². The van der Waals surface area contributed by atoms with Gasteiger partial charge in [0.1, 0.15) is 17.2 Å². The van der Waals surface area contributed by atoms with E-state index in [4.69, 9.17) is 9.47 Å². The highest BCUT2D eigenvalue weighted by molar-refractivity contribution is 5.99. The zero-order valence-corrected chi connectivity index (χ0v) is 9.57. The third kappa shape index (κ3) is 1.45. The van der Waals surface area contributed by atoms with Gasteiger partial charge in [-0.05, 0) is 30.7 Å². The van der Waals surface area contributed by atoms with E-state index in [9.17, 15) is 5.11 Å². The smallest absolute Gasteiger partial charge is 0.130 e. The van der Waals surface area contributed by atoms with Crippen molar-refractivity contribution >= 4 is 10.8 Å². The lowest BCUT2D eigenvalue weighted by molar-refractivity contribution is 0.407. The summed E-state index contributed by atoms with van der Waals surface area (Å²) in [5.74, 6) is 1.59. The number of aryl methyl sites for hydroxylation is 1. The highest BCUT2D eigenvalue weighted by Gasteiger charge is 2.12. The summed E-state index contributed by atoms with van der Waals surface area (Å²) >= 11 is 0. The van der Waals surface area contributed by atoms with Gasteiger partial charge in [0.15, 0.2) is 0 Å². The molecular weight excluding hydrogens is 204 g/mol. The van der Waals surface area contributed by atoms with Crippen LogP contribution in [0, 0.1) is 6.92 Å². The van der Waals surface area contributed by atoms with Crippen molar-refractivity contribution in [3.63, 3.8) is 0 Å². The second kappa shape index (κ2) is 3.93. The van der Waals surface area contributed by atoms with Gasteiger partial charge < -0.3 is 14.6 Å². The molecule has 0 fully saturated rings. The van der Waals surface area contributed by atoms with Crippen LogP contribution < -0.4 is 9.47 Å². The maximum Gasteiger partial charge on any atom is 0.130 e. The van der Waals surface area contributed by atoms with Gasteiger partial charge in [0.05, 0.1) is 19.6 Å². The molecule has 3 heteroatoms. The van der Waals surface area contributed by atoms with Crippen molar-refractivity contribution in [2.45, 2.75) is 6.92 Å². The van der Waals surface area contributed by atoms with Gasteiger partial charge in [0, 0.05) is 5.39 Å². The van der Waals surface area contributed by atoms with Crippen LogP contribution in [0.5, 0.6) is 17.2 Å². The number of rotatable bonds is 2. The van der Waals surface area contributed by atoms with E-state index < -0.39 is 0 Å². The first-order chi connectivity index (χ1) is 7.69. The Morgan fingerprint density at radius 2 is 1.44 bits per heavy atom. The summed E-state index contributed by atoms with van der Waals surface area (Å²) in [7, 11) is 3.20. The van der Waals surface area contributed by atoms with Crippen molar-refractivity contribution < 1.29 is 14.6 Å². The molecule has 0 unspecified atom stereocenters. The first-order valence-electron chi connectivity index (χ1n) is 5.02. The predicted octanol–water partition coefficient (Wildman–Crippen LogP) is 2.87. The van der Waals surface area contributed by atoms with E-state index in [2.05, 4.69) is 0 Å². The van der Waals surface area contributed by atoms with Crippen LogP contribution in [0.15, 0.2) is 24.3 Å². The fourth-order valence-electron chi connectivity index (χ4n) is 1.92. The maximum absolute atomic E-state index is 9.89. The van der Waals surface area contributed by atoms with Gasteiger partial charge >= 0.3 is 0 Å². The normalized spacial score (nSPS) is 10.4. The molecule has 16 heavy (non-hydrogen) atoms. The molecule has 2 aromatic carbocycles. The van der Waals surface area contributed by atoms with Crippen molar-refractivity contribution in [2.75, 3.05) is 14.2 Å². The Labute approximate surface area is 94.2 Å². The van der Waals surface area contributed by atoms with Crippen LogP contribution >= 0.6 is 0 Å². The Morgan fingerprint density at radius 3 is 2.00 bits per heavy atom. The standard InChI is InChI=1S/C13H14O3/c1-8-4-5-9(14)13-11(16-3)7-6-10(15-2)12(8)13/h4-7,14H,1-3H3. The van der Waals surface area contributed by atoms with Crippen LogP contribution in [0.4, 0.5) is 0 Å². The molecule has 2 aromatic rings. The number of hydrogen-bond acceptors (Lipinski definition) is 3. The van der Waals surface area contributed by atoms with E-state index in [0.29, 0.717) is 11.1 Å². The number of aromatic hydroxyl groups is 1. The Bertz CT molecular complexity index is 484. The minimum Gasteiger partial charge on any atom is -0.507 e. The molecule has 0 atom stereocenters. The van der Waals surface area contributed by atoms with Gasteiger partial charge in [0.25, 0.3) is 0 Å². The second-order valence-electron chi connectivity index (χ2n) is 3.62. The van der Waals surface area contributed by atoms with Crippen LogP contribution in [0.3, 0.4) is 0 Å². The Hall–Kier alpha value is -1.90. The van der Waals surface area contributed by atoms with Gasteiger partial charge in [0.2, 0.25) is 0 Å². The van der Waals surface area contributed by atoms with E-state index >= 15 is 0 Å². The van der Waals surface area contributed by atoms with Crippen LogP contribution in [-0.2, 0) is 0 Å². The topological polar surface area (TPSA) is 38.7 Å². The number of benzene rings is 2. The summed E-state index contributed by atoms with van der Waals surface area (Å²) in [4.78, 5) is 0. The van der Waals surface area contributed by atoms with E-state index in [0.717, 1.165) is 16.7 Å². The zero-order chi connectivity index (χ0) is 11.7. The molecule has 2 rings (SSSR count). The van der Waals surface area contributed by atoms with Crippen LogP contribution in [0.2, 0.25) is 0 Å². The van der Waals surface area contributed by atoms with E-state index in [1.807, 2.05) is 19.1 Å². The molecule has 1 N–H and O–H groups in total. The van der Waals surface area contributed by atoms with Crippen molar-refractivity contribution in [2.24, 2.45) is 0 Å². The summed E-state index contributed by atoms with van der Waals surface area (Å²) in [5.41, 5.74) is 1.04. The number of hydrogen-bond donors (Lipinski definition) is 1. The second-order valence-corrected chi connectivity index (χ2v) is 3.62. The van der Waals surface area contributed by atoms with Crippen molar-refractivity contribution in [1.29, 1.82) is 0 Å². The van der Waals surface area contributed by atoms with Crippen LogP contribution in [-0.4, -0.2) is 19.3 Å². The molecule has 0 spiro atoms. The van der Waals surface area contributed by atoms with E-state index in [1.54, 1.807) is 26.4 Å². The van der Waals surface area contributed by atoms with Crippen LogP contribution in [0.25, 0.3) is 10.8 Å². The third-order valence-corrected chi connectivity index (χ3v) is 2.71. The maximum atomic E-state index is 9.89. The monoisotopic (exact) mass is 218 g/mol. The lowest BCUT2D eigenvalue weighted by atomic mass is 10.0. The largest absolute Gasteiger partial charge is 0.507 e. The van der Waals surface area contributed by atoms with Gasteiger partial charge in [-0.2, -0.15) is 0 Å². The van der Waals surface area contributed by atoms with Gasteiger partial charge in [-0.3, -0.25) is 0 Å². The summed E-state index contributed by atoms with van der Waals surface area (Å²) < 4.78 is 10.5. The lowest BCUT2D eigenvalue weighted by Gasteiger charge is -2.12. The summed E-state index contributed by atoms with van der Waals surface area (Å²) in [6, 6.07) is 7.16. The lowest BCUT2D eigenvalue weighted by Crippen LogP contribution is -1.91. The molecule has 3 nitrogen and oxygen atoms in total. The molecule has 0 heterocycles. The Balaban J connectivity index is 2.95. The quantitative estimate of drug-likeness (QED) is 0.842. The minimum absolute atomic E-state index is 0.205. The number of fused-ring (bicyclic) bond motifs is 1. The first kappa shape index (κ1) is 10.6.